The SMILES string of the molecule is CC/C=C\C/C=C\C/C=C\C/C=C\C/C=C\CCCC(=O)OC[C@H](COC(=O)CCCCCCCCCCCCCCC)OC(=O)CCC/C=C\C/C=C\C/C=C\CCCCCCCC. The van der Waals surface area contributed by atoms with Gasteiger partial charge in [-0.2, -0.15) is 0 Å². The fourth-order valence-electron chi connectivity index (χ4n) is 7.08. The number of hydrogen-bond acceptors (Lipinski definition) is 6. The molecule has 0 aromatic rings. The summed E-state index contributed by atoms with van der Waals surface area (Å²) < 4.78 is 16.7. The van der Waals surface area contributed by atoms with Crippen molar-refractivity contribution in [1.29, 1.82) is 0 Å². The van der Waals surface area contributed by atoms with Gasteiger partial charge in [0.25, 0.3) is 0 Å². The van der Waals surface area contributed by atoms with Crippen LogP contribution >= 0.6 is 0 Å². The Kier molecular flexibility index (Phi) is 50.0. The fourth-order valence-corrected chi connectivity index (χ4v) is 7.08. The molecule has 6 heteroatoms. The van der Waals surface area contributed by atoms with Crippen molar-refractivity contribution in [3.63, 3.8) is 0 Å². The second kappa shape index (κ2) is 52.9. The van der Waals surface area contributed by atoms with Crippen LogP contribution in [0, 0.1) is 0 Å². The highest BCUT2D eigenvalue weighted by atomic mass is 16.6. The summed E-state index contributed by atoms with van der Waals surface area (Å²) in [5.74, 6) is -1.03. The summed E-state index contributed by atoms with van der Waals surface area (Å²) in [5.41, 5.74) is 0. The second-order valence-electron chi connectivity index (χ2n) is 17.4. The lowest BCUT2D eigenvalue weighted by Crippen LogP contribution is -2.30. The van der Waals surface area contributed by atoms with E-state index in [9.17, 15) is 14.4 Å². The maximum Gasteiger partial charge on any atom is 0.306 e. The Morgan fingerprint density at radius 2 is 0.615 bits per heavy atom. The highest BCUT2D eigenvalue weighted by Gasteiger charge is 2.19. The maximum atomic E-state index is 12.8. The molecule has 0 aromatic heterocycles. The molecule has 0 saturated heterocycles. The Morgan fingerprint density at radius 3 is 1.00 bits per heavy atom. The lowest BCUT2D eigenvalue weighted by Gasteiger charge is -2.18. The van der Waals surface area contributed by atoms with Crippen molar-refractivity contribution in [2.45, 2.75) is 245 Å². The van der Waals surface area contributed by atoms with Crippen molar-refractivity contribution in [2.75, 3.05) is 13.2 Å². The fraction of sp³-hybridized carbons (Fsp3) is 0.678. The molecule has 0 heterocycles. The Bertz CT molecular complexity index is 1310. The quantitative estimate of drug-likeness (QED) is 0.0262. The van der Waals surface area contributed by atoms with Crippen LogP contribution in [0.4, 0.5) is 0 Å². The minimum atomic E-state index is -0.825. The first kappa shape index (κ1) is 61.3. The molecule has 0 rings (SSSR count). The molecule has 6 nitrogen and oxygen atoms in total. The summed E-state index contributed by atoms with van der Waals surface area (Å²) in [6, 6.07) is 0. The molecule has 0 radical (unpaired) electrons. The van der Waals surface area contributed by atoms with E-state index in [-0.39, 0.29) is 44.0 Å². The summed E-state index contributed by atoms with van der Waals surface area (Å²) in [5, 5.41) is 0. The monoisotopic (exact) mass is 903 g/mol. The summed E-state index contributed by atoms with van der Waals surface area (Å²) in [7, 11) is 0. The average molecular weight is 903 g/mol. The average Bonchev–Trinajstić information content (AvgIpc) is 3.30. The van der Waals surface area contributed by atoms with Gasteiger partial charge in [0.1, 0.15) is 13.2 Å². The van der Waals surface area contributed by atoms with Gasteiger partial charge in [-0.05, 0) is 89.9 Å². The van der Waals surface area contributed by atoms with Crippen molar-refractivity contribution in [3.8, 4) is 0 Å². The number of allylic oxidation sites excluding steroid dienone is 16. The molecule has 0 aliphatic heterocycles. The molecule has 0 unspecified atom stereocenters. The molecule has 1 atom stereocenters. The van der Waals surface area contributed by atoms with E-state index >= 15 is 0 Å². The van der Waals surface area contributed by atoms with Crippen molar-refractivity contribution in [2.24, 2.45) is 0 Å². The third-order valence-electron chi connectivity index (χ3n) is 11.1. The highest BCUT2D eigenvalue weighted by Crippen LogP contribution is 2.14. The summed E-state index contributed by atoms with van der Waals surface area (Å²) in [4.78, 5) is 38.0. The van der Waals surface area contributed by atoms with E-state index in [4.69, 9.17) is 14.2 Å². The minimum absolute atomic E-state index is 0.114. The van der Waals surface area contributed by atoms with Gasteiger partial charge in [0.05, 0.1) is 0 Å². The Balaban J connectivity index is 4.56. The van der Waals surface area contributed by atoms with E-state index in [1.165, 1.54) is 109 Å². The maximum absolute atomic E-state index is 12.8. The molecular formula is C59H98O6. The van der Waals surface area contributed by atoms with Crippen LogP contribution in [0.25, 0.3) is 0 Å². The van der Waals surface area contributed by atoms with Gasteiger partial charge in [0.15, 0.2) is 6.10 Å². The summed E-state index contributed by atoms with van der Waals surface area (Å²) >= 11 is 0. The molecular weight excluding hydrogens is 805 g/mol. The third kappa shape index (κ3) is 51.2. The molecule has 0 spiro atoms. The largest absolute Gasteiger partial charge is 0.462 e. The van der Waals surface area contributed by atoms with Gasteiger partial charge in [-0.15, -0.1) is 0 Å². The zero-order valence-electron chi connectivity index (χ0n) is 42.2. The van der Waals surface area contributed by atoms with E-state index in [0.717, 1.165) is 77.0 Å². The number of esters is 3. The zero-order chi connectivity index (χ0) is 47.2. The molecule has 0 N–H and O–H groups in total. The second-order valence-corrected chi connectivity index (χ2v) is 17.4. The molecule has 0 aliphatic carbocycles. The number of unbranched alkanes of at least 4 members (excludes halogenated alkanes) is 20. The van der Waals surface area contributed by atoms with Crippen LogP contribution in [0.1, 0.15) is 239 Å². The van der Waals surface area contributed by atoms with Gasteiger partial charge < -0.3 is 14.2 Å². The highest BCUT2D eigenvalue weighted by molar-refractivity contribution is 5.71. The van der Waals surface area contributed by atoms with Crippen LogP contribution in [-0.4, -0.2) is 37.2 Å². The van der Waals surface area contributed by atoms with Crippen molar-refractivity contribution < 1.29 is 28.6 Å². The van der Waals surface area contributed by atoms with Gasteiger partial charge in [-0.3, -0.25) is 14.4 Å². The number of ether oxygens (including phenoxy) is 3. The van der Waals surface area contributed by atoms with Crippen LogP contribution < -0.4 is 0 Å². The smallest absolute Gasteiger partial charge is 0.306 e. The van der Waals surface area contributed by atoms with Gasteiger partial charge in [-0.1, -0.05) is 227 Å². The summed E-state index contributed by atoms with van der Waals surface area (Å²) in [6.07, 6.45) is 69.7. The van der Waals surface area contributed by atoms with E-state index in [2.05, 4.69) is 118 Å². The first-order valence-electron chi connectivity index (χ1n) is 26.7. The lowest BCUT2D eigenvalue weighted by molar-refractivity contribution is -0.167. The standard InChI is InChI=1S/C59H98O6/c1-4-7-10-13-16-19-22-25-27-29-31-34-37-40-43-46-49-52-58(61)64-55-56(54-63-57(60)51-48-45-42-39-36-33-24-21-18-15-12-9-6-3)65-59(62)53-50-47-44-41-38-35-32-30-28-26-23-20-17-14-11-8-5-2/h7,10,16,19,25-28,31-32,34-35,40-41,43-44,56H,4-6,8-9,11-15,17-18,20-24,29-30,33,36-39,42,45-55H2,1-3H3/b10-7-,19-16-,27-25-,28-26-,34-31-,35-32-,43-40-,44-41-/t56-/m0/s1. The zero-order valence-corrected chi connectivity index (χ0v) is 42.2. The predicted molar refractivity (Wildman–Crippen MR) is 279 cm³/mol. The Morgan fingerprint density at radius 1 is 0.323 bits per heavy atom. The van der Waals surface area contributed by atoms with Crippen molar-refractivity contribution >= 4 is 17.9 Å². The van der Waals surface area contributed by atoms with E-state index in [1.807, 2.05) is 0 Å². The topological polar surface area (TPSA) is 78.9 Å². The van der Waals surface area contributed by atoms with E-state index < -0.39 is 6.10 Å². The number of rotatable bonds is 47. The lowest BCUT2D eigenvalue weighted by atomic mass is 10.0. The Labute approximate surface area is 400 Å². The van der Waals surface area contributed by atoms with Crippen LogP contribution in [-0.2, 0) is 28.6 Å². The van der Waals surface area contributed by atoms with Crippen LogP contribution in [0.2, 0.25) is 0 Å². The van der Waals surface area contributed by atoms with Gasteiger partial charge in [0.2, 0.25) is 0 Å². The predicted octanol–water partition coefficient (Wildman–Crippen LogP) is 17.8. The first-order chi connectivity index (χ1) is 32.0. The molecule has 0 bridgehead atoms. The molecule has 0 fully saturated rings. The molecule has 0 aliphatic rings. The molecule has 0 saturated carbocycles. The molecule has 0 amide bonds. The van der Waals surface area contributed by atoms with E-state index in [1.54, 1.807) is 0 Å². The van der Waals surface area contributed by atoms with Crippen LogP contribution in [0.3, 0.4) is 0 Å². The third-order valence-corrected chi connectivity index (χ3v) is 11.1. The van der Waals surface area contributed by atoms with E-state index in [0.29, 0.717) is 19.3 Å². The van der Waals surface area contributed by atoms with Crippen LogP contribution in [0.5, 0.6) is 0 Å². The number of carbonyl (C=O) groups is 3. The molecule has 65 heavy (non-hydrogen) atoms. The normalized spacial score (nSPS) is 12.8. The molecule has 370 valence electrons. The number of carbonyl (C=O) groups excluding carboxylic acids is 3. The van der Waals surface area contributed by atoms with Gasteiger partial charge in [-0.25, -0.2) is 0 Å². The van der Waals surface area contributed by atoms with Crippen LogP contribution in [0.15, 0.2) is 97.2 Å². The van der Waals surface area contributed by atoms with Gasteiger partial charge in [0, 0.05) is 19.3 Å². The Hall–Kier alpha value is -3.67. The summed E-state index contributed by atoms with van der Waals surface area (Å²) in [6.45, 7) is 6.42. The number of hydrogen-bond donors (Lipinski definition) is 0. The minimum Gasteiger partial charge on any atom is -0.462 e. The van der Waals surface area contributed by atoms with Gasteiger partial charge >= 0.3 is 17.9 Å². The van der Waals surface area contributed by atoms with Crippen molar-refractivity contribution in [3.05, 3.63) is 97.2 Å². The first-order valence-corrected chi connectivity index (χ1v) is 26.7. The van der Waals surface area contributed by atoms with Crippen molar-refractivity contribution in [1.82, 2.24) is 0 Å². The molecule has 0 aromatic carbocycles.